The van der Waals surface area contributed by atoms with Gasteiger partial charge in [-0.1, -0.05) is 269 Å². The Hall–Kier alpha value is -8.93. The van der Waals surface area contributed by atoms with E-state index in [0.29, 0.717) is 0 Å². The molecule has 0 radical (unpaired) electrons. The van der Waals surface area contributed by atoms with Crippen LogP contribution >= 0.6 is 0 Å². The summed E-state index contributed by atoms with van der Waals surface area (Å²) in [6.45, 7) is 10.1. The molecule has 2 heterocycles. The molecular formula is C76H54Si2. The minimum absolute atomic E-state index is 1.24. The molecule has 0 amide bonds. The van der Waals surface area contributed by atoms with E-state index in [2.05, 4.69) is 281 Å². The van der Waals surface area contributed by atoms with Gasteiger partial charge in [-0.3, -0.25) is 0 Å². The van der Waals surface area contributed by atoms with Crippen molar-refractivity contribution in [2.45, 2.75) is 26.2 Å². The molecule has 0 spiro atoms. The summed E-state index contributed by atoms with van der Waals surface area (Å²) in [5.41, 5.74) is 18.3. The van der Waals surface area contributed by atoms with Crippen molar-refractivity contribution in [2.75, 3.05) is 0 Å². The van der Waals surface area contributed by atoms with Gasteiger partial charge in [0.25, 0.3) is 0 Å². The summed E-state index contributed by atoms with van der Waals surface area (Å²) in [5, 5.41) is 21.1. The summed E-state index contributed by atoms with van der Waals surface area (Å²) >= 11 is 0. The minimum atomic E-state index is -1.98. The van der Waals surface area contributed by atoms with Crippen LogP contribution in [0.25, 0.3) is 143 Å². The Labute approximate surface area is 457 Å². The van der Waals surface area contributed by atoms with E-state index in [9.17, 15) is 0 Å². The molecule has 14 aromatic carbocycles. The van der Waals surface area contributed by atoms with Gasteiger partial charge >= 0.3 is 0 Å². The van der Waals surface area contributed by atoms with Crippen LogP contribution in [0.4, 0.5) is 0 Å². The van der Waals surface area contributed by atoms with Crippen molar-refractivity contribution in [2.24, 2.45) is 0 Å². The Kier molecular flexibility index (Phi) is 9.75. The zero-order valence-corrected chi connectivity index (χ0v) is 46.2. The molecule has 78 heavy (non-hydrogen) atoms. The van der Waals surface area contributed by atoms with Crippen molar-refractivity contribution in [3.05, 3.63) is 255 Å². The SMILES string of the molecule is C[Si]1(C)c2ccccc2-c2c(-c3cccc4c(-c5c6cccc(-c7cccc8ccccc78)c6cc6c(-c7cccc8ccccc78)cccc56)c5cccc(-c6cccc7c6-c6ccccc6[Si]7(C)C)c5cc34)cccc21. The number of benzene rings is 14. The van der Waals surface area contributed by atoms with Gasteiger partial charge in [-0.15, -0.1) is 0 Å². The van der Waals surface area contributed by atoms with Crippen LogP contribution in [0.1, 0.15) is 0 Å². The second-order valence-electron chi connectivity index (χ2n) is 23.0. The third kappa shape index (κ3) is 6.33. The maximum Gasteiger partial charge on any atom is 0.113 e. The van der Waals surface area contributed by atoms with E-state index >= 15 is 0 Å². The van der Waals surface area contributed by atoms with Crippen molar-refractivity contribution in [3.8, 4) is 77.9 Å². The number of fused-ring (bicyclic) bond motifs is 12. The first kappa shape index (κ1) is 45.3. The average molecular weight is 1020 g/mol. The molecule has 0 saturated heterocycles. The number of rotatable bonds is 5. The summed E-state index contributed by atoms with van der Waals surface area (Å²) in [6, 6.07) is 97.8. The molecule has 0 atom stereocenters. The molecule has 2 heteroatoms. The Morgan fingerprint density at radius 2 is 0.423 bits per heavy atom. The average Bonchev–Trinajstić information content (AvgIpc) is 4.03. The van der Waals surface area contributed by atoms with E-state index in [-0.39, 0.29) is 0 Å². The van der Waals surface area contributed by atoms with Crippen LogP contribution in [0.3, 0.4) is 0 Å². The Morgan fingerprint density at radius 1 is 0.179 bits per heavy atom. The van der Waals surface area contributed by atoms with Gasteiger partial charge < -0.3 is 0 Å². The van der Waals surface area contributed by atoms with E-state index in [0.717, 1.165) is 0 Å². The van der Waals surface area contributed by atoms with Gasteiger partial charge in [0.15, 0.2) is 0 Å². The molecule has 16 rings (SSSR count). The van der Waals surface area contributed by atoms with Crippen molar-refractivity contribution < 1.29 is 0 Å². The molecule has 0 aromatic heterocycles. The fourth-order valence-corrected chi connectivity index (χ4v) is 20.9. The Morgan fingerprint density at radius 3 is 0.821 bits per heavy atom. The van der Waals surface area contributed by atoms with Gasteiger partial charge in [0.05, 0.1) is 0 Å². The lowest BCUT2D eigenvalue weighted by atomic mass is 9.80. The van der Waals surface area contributed by atoms with E-state index in [1.165, 1.54) is 163 Å². The predicted molar refractivity (Wildman–Crippen MR) is 343 cm³/mol. The Balaban J connectivity index is 1.10. The van der Waals surface area contributed by atoms with Gasteiger partial charge in [0.2, 0.25) is 0 Å². The molecule has 0 fully saturated rings. The smallest absolute Gasteiger partial charge is 0.0623 e. The largest absolute Gasteiger partial charge is 0.113 e. The summed E-state index contributed by atoms with van der Waals surface area (Å²) in [7, 11) is -3.97. The second kappa shape index (κ2) is 16.8. The van der Waals surface area contributed by atoms with Crippen LogP contribution in [-0.2, 0) is 0 Å². The zero-order valence-electron chi connectivity index (χ0n) is 44.2. The first-order valence-electron chi connectivity index (χ1n) is 27.7. The normalized spacial score (nSPS) is 13.8. The van der Waals surface area contributed by atoms with Crippen molar-refractivity contribution in [1.29, 1.82) is 0 Å². The highest BCUT2D eigenvalue weighted by Crippen LogP contribution is 2.52. The molecule has 0 nitrogen and oxygen atoms in total. The van der Waals surface area contributed by atoms with Crippen LogP contribution in [0, 0.1) is 0 Å². The standard InChI is InChI=1S/C76H54Si2/c1-77(2)69-41-11-9-27-63(69)73-57(39-19-43-71(73)77)55-33-17-37-61-67(55)46-68-56(58-40-20-44-72-74(58)64-28-10-12-42-70(64)78(72,3)4)34-18-38-62(68)76(61)75-59-35-15-31-53(51-29-13-23-47-21-5-7-25-49(47)51)65(59)45-66-54(32-16-36-60(66)75)52-30-14-24-48-22-6-8-26-50(48)52/h5-46H,1-4H3. The molecule has 2 aliphatic heterocycles. The molecule has 0 N–H and O–H groups in total. The van der Waals surface area contributed by atoms with Gasteiger partial charge in [0.1, 0.15) is 16.1 Å². The fraction of sp³-hybridized carbons (Fsp3) is 0.0526. The monoisotopic (exact) mass is 1020 g/mol. The molecule has 14 aromatic rings. The Bertz CT molecular complexity index is 4610. The van der Waals surface area contributed by atoms with Crippen molar-refractivity contribution in [3.63, 3.8) is 0 Å². The van der Waals surface area contributed by atoms with Crippen molar-refractivity contribution >= 4 is 102 Å². The summed E-state index contributed by atoms with van der Waals surface area (Å²) in [6.07, 6.45) is 0. The third-order valence-electron chi connectivity index (χ3n) is 18.3. The van der Waals surface area contributed by atoms with E-state index in [4.69, 9.17) is 0 Å². The van der Waals surface area contributed by atoms with Crippen molar-refractivity contribution in [1.82, 2.24) is 0 Å². The minimum Gasteiger partial charge on any atom is -0.0623 e. The summed E-state index contributed by atoms with van der Waals surface area (Å²) in [4.78, 5) is 0. The number of hydrogen-bond acceptors (Lipinski definition) is 0. The van der Waals surface area contributed by atoms with Crippen LogP contribution < -0.4 is 20.7 Å². The topological polar surface area (TPSA) is 0 Å². The third-order valence-corrected chi connectivity index (χ3v) is 25.4. The van der Waals surface area contributed by atoms with Crippen LogP contribution in [0.2, 0.25) is 26.2 Å². The maximum absolute atomic E-state index is 2.58. The van der Waals surface area contributed by atoms with E-state index in [1.807, 2.05) is 0 Å². The van der Waals surface area contributed by atoms with Gasteiger partial charge in [-0.05, 0) is 175 Å². The predicted octanol–water partition coefficient (Wildman–Crippen LogP) is 18.5. The van der Waals surface area contributed by atoms with Crippen LogP contribution in [-0.4, -0.2) is 16.1 Å². The quantitative estimate of drug-likeness (QED) is 0.119. The molecule has 0 unspecified atom stereocenters. The first-order valence-corrected chi connectivity index (χ1v) is 33.7. The first-order chi connectivity index (χ1) is 38.3. The maximum atomic E-state index is 2.58. The molecule has 0 saturated carbocycles. The van der Waals surface area contributed by atoms with Crippen LogP contribution in [0.15, 0.2) is 255 Å². The van der Waals surface area contributed by atoms with Crippen LogP contribution in [0.5, 0.6) is 0 Å². The molecule has 0 bridgehead atoms. The van der Waals surface area contributed by atoms with E-state index < -0.39 is 16.1 Å². The molecule has 2 aliphatic rings. The highest BCUT2D eigenvalue weighted by atomic mass is 28.3. The molecule has 366 valence electrons. The summed E-state index contributed by atoms with van der Waals surface area (Å²) in [5.74, 6) is 0. The highest BCUT2D eigenvalue weighted by molar-refractivity contribution is 7.04. The summed E-state index contributed by atoms with van der Waals surface area (Å²) < 4.78 is 0. The van der Waals surface area contributed by atoms with Gasteiger partial charge in [-0.2, -0.15) is 0 Å². The second-order valence-corrected chi connectivity index (χ2v) is 31.6. The lowest BCUT2D eigenvalue weighted by Gasteiger charge is -2.23. The number of hydrogen-bond donors (Lipinski definition) is 0. The fourth-order valence-electron chi connectivity index (χ4n) is 14.7. The molecule has 0 aliphatic carbocycles. The lowest BCUT2D eigenvalue weighted by molar-refractivity contribution is 1.64. The van der Waals surface area contributed by atoms with Gasteiger partial charge in [-0.25, -0.2) is 0 Å². The zero-order chi connectivity index (χ0) is 52.0. The highest BCUT2D eigenvalue weighted by Gasteiger charge is 2.40. The van der Waals surface area contributed by atoms with Gasteiger partial charge in [0, 0.05) is 0 Å². The van der Waals surface area contributed by atoms with E-state index in [1.54, 1.807) is 0 Å². The lowest BCUT2D eigenvalue weighted by Crippen LogP contribution is -2.49. The molecular weight excluding hydrogens is 969 g/mol.